The predicted molar refractivity (Wildman–Crippen MR) is 92.9 cm³/mol. The number of amides is 1. The Morgan fingerprint density at radius 3 is 2.35 bits per heavy atom. The molecular formula is C20H23N2O+. The van der Waals surface area contributed by atoms with E-state index in [-0.39, 0.29) is 5.91 Å². The quantitative estimate of drug-likeness (QED) is 0.866. The maximum Gasteiger partial charge on any atom is 0.275 e. The zero-order valence-corrected chi connectivity index (χ0v) is 13.3. The minimum atomic E-state index is 0.125. The van der Waals surface area contributed by atoms with E-state index in [0.29, 0.717) is 13.1 Å². The van der Waals surface area contributed by atoms with Crippen LogP contribution in [0.15, 0.2) is 66.7 Å². The van der Waals surface area contributed by atoms with Crippen LogP contribution >= 0.6 is 0 Å². The van der Waals surface area contributed by atoms with Crippen LogP contribution in [0.5, 0.6) is 0 Å². The molecule has 1 heterocycles. The van der Waals surface area contributed by atoms with Crippen LogP contribution in [0.1, 0.15) is 17.5 Å². The number of hydrogen-bond donors (Lipinski definition) is 2. The molecule has 1 aliphatic rings. The fourth-order valence-corrected chi connectivity index (χ4v) is 2.94. The molecule has 0 saturated heterocycles. The SMILES string of the molecule is O=C(C[NH+]1CC=C(c2ccccc2)CC1)NCc1ccccc1. The van der Waals surface area contributed by atoms with Gasteiger partial charge in [0.25, 0.3) is 5.91 Å². The number of nitrogens with one attached hydrogen (secondary N) is 2. The molecular weight excluding hydrogens is 284 g/mol. The van der Waals surface area contributed by atoms with Gasteiger partial charge in [0.2, 0.25) is 0 Å². The smallest absolute Gasteiger partial charge is 0.275 e. The Morgan fingerprint density at radius 2 is 1.70 bits per heavy atom. The lowest BCUT2D eigenvalue weighted by Crippen LogP contribution is -3.13. The fourth-order valence-electron chi connectivity index (χ4n) is 2.94. The van der Waals surface area contributed by atoms with Gasteiger partial charge < -0.3 is 10.2 Å². The molecule has 23 heavy (non-hydrogen) atoms. The first-order valence-corrected chi connectivity index (χ1v) is 8.20. The van der Waals surface area contributed by atoms with Crippen LogP contribution in [0, 0.1) is 0 Å². The van der Waals surface area contributed by atoms with Crippen LogP contribution in [0.3, 0.4) is 0 Å². The summed E-state index contributed by atoms with van der Waals surface area (Å²) < 4.78 is 0. The zero-order valence-electron chi connectivity index (χ0n) is 13.3. The molecule has 1 amide bonds. The van der Waals surface area contributed by atoms with Crippen molar-refractivity contribution in [2.24, 2.45) is 0 Å². The van der Waals surface area contributed by atoms with Crippen LogP contribution < -0.4 is 10.2 Å². The maximum atomic E-state index is 12.1. The Kier molecular flexibility index (Phi) is 5.22. The zero-order chi connectivity index (χ0) is 15.9. The number of benzene rings is 2. The lowest BCUT2D eigenvalue weighted by atomic mass is 10.00. The highest BCUT2D eigenvalue weighted by Crippen LogP contribution is 2.17. The molecule has 1 atom stereocenters. The predicted octanol–water partition coefficient (Wildman–Crippen LogP) is 1.67. The highest BCUT2D eigenvalue weighted by Gasteiger charge is 2.18. The molecule has 0 fully saturated rings. The summed E-state index contributed by atoms with van der Waals surface area (Å²) in [5.74, 6) is 0.125. The first-order chi connectivity index (χ1) is 11.3. The third kappa shape index (κ3) is 4.54. The molecule has 0 spiro atoms. The molecule has 2 aromatic rings. The second-order valence-electron chi connectivity index (χ2n) is 5.99. The van der Waals surface area contributed by atoms with Gasteiger partial charge in [-0.05, 0) is 22.8 Å². The molecule has 3 heteroatoms. The van der Waals surface area contributed by atoms with E-state index in [1.165, 1.54) is 16.0 Å². The van der Waals surface area contributed by atoms with Crippen molar-refractivity contribution in [3.8, 4) is 0 Å². The van der Waals surface area contributed by atoms with Crippen molar-refractivity contribution in [3.63, 3.8) is 0 Å². The average molecular weight is 307 g/mol. The molecule has 118 valence electrons. The van der Waals surface area contributed by atoms with Gasteiger partial charge in [-0.1, -0.05) is 60.7 Å². The molecule has 0 bridgehead atoms. The molecule has 2 aromatic carbocycles. The van der Waals surface area contributed by atoms with Gasteiger partial charge >= 0.3 is 0 Å². The van der Waals surface area contributed by atoms with Crippen molar-refractivity contribution in [2.45, 2.75) is 13.0 Å². The van der Waals surface area contributed by atoms with Gasteiger partial charge in [-0.2, -0.15) is 0 Å². The van der Waals surface area contributed by atoms with Crippen molar-refractivity contribution in [1.29, 1.82) is 0 Å². The van der Waals surface area contributed by atoms with Gasteiger partial charge in [0.15, 0.2) is 6.54 Å². The van der Waals surface area contributed by atoms with E-state index in [1.54, 1.807) is 0 Å². The monoisotopic (exact) mass is 307 g/mol. The number of rotatable bonds is 5. The number of hydrogen-bond acceptors (Lipinski definition) is 1. The van der Waals surface area contributed by atoms with Crippen LogP contribution in [0.25, 0.3) is 5.57 Å². The number of carbonyl (C=O) groups is 1. The van der Waals surface area contributed by atoms with Gasteiger partial charge in [0.1, 0.15) is 0 Å². The molecule has 1 unspecified atom stereocenters. The molecule has 0 aliphatic carbocycles. The Labute approximate surface area is 137 Å². The minimum absolute atomic E-state index is 0.125. The van der Waals surface area contributed by atoms with Crippen LogP contribution in [0.4, 0.5) is 0 Å². The van der Waals surface area contributed by atoms with Crippen LogP contribution in [-0.2, 0) is 11.3 Å². The van der Waals surface area contributed by atoms with E-state index >= 15 is 0 Å². The molecule has 2 N–H and O–H groups in total. The Morgan fingerprint density at radius 1 is 1.00 bits per heavy atom. The number of quaternary nitrogens is 1. The summed E-state index contributed by atoms with van der Waals surface area (Å²) in [4.78, 5) is 13.4. The second-order valence-corrected chi connectivity index (χ2v) is 5.99. The maximum absolute atomic E-state index is 12.1. The summed E-state index contributed by atoms with van der Waals surface area (Å²) >= 11 is 0. The van der Waals surface area contributed by atoms with E-state index in [1.807, 2.05) is 36.4 Å². The largest absolute Gasteiger partial charge is 0.347 e. The molecule has 1 aliphatic heterocycles. The lowest BCUT2D eigenvalue weighted by molar-refractivity contribution is -0.886. The van der Waals surface area contributed by atoms with Crippen molar-refractivity contribution in [2.75, 3.05) is 19.6 Å². The first-order valence-electron chi connectivity index (χ1n) is 8.20. The topological polar surface area (TPSA) is 33.5 Å². The molecule has 3 nitrogen and oxygen atoms in total. The van der Waals surface area contributed by atoms with E-state index in [9.17, 15) is 4.79 Å². The van der Waals surface area contributed by atoms with Crippen LogP contribution in [0.2, 0.25) is 0 Å². The van der Waals surface area contributed by atoms with Gasteiger partial charge in [-0.3, -0.25) is 4.79 Å². The van der Waals surface area contributed by atoms with Gasteiger partial charge in [-0.15, -0.1) is 0 Å². The summed E-state index contributed by atoms with van der Waals surface area (Å²) in [5.41, 5.74) is 3.85. The minimum Gasteiger partial charge on any atom is -0.347 e. The molecule has 0 saturated carbocycles. The summed E-state index contributed by atoms with van der Waals surface area (Å²) in [7, 11) is 0. The number of carbonyl (C=O) groups excluding carboxylic acids is 1. The third-order valence-corrected chi connectivity index (χ3v) is 4.27. The van der Waals surface area contributed by atoms with Crippen molar-refractivity contribution in [3.05, 3.63) is 77.9 Å². The van der Waals surface area contributed by atoms with Crippen molar-refractivity contribution >= 4 is 11.5 Å². The van der Waals surface area contributed by atoms with Crippen molar-refractivity contribution in [1.82, 2.24) is 5.32 Å². The Bertz CT molecular complexity index is 665. The summed E-state index contributed by atoms with van der Waals surface area (Å²) in [5, 5.41) is 3.01. The molecule has 3 rings (SSSR count). The normalized spacial score (nSPS) is 17.4. The van der Waals surface area contributed by atoms with Crippen molar-refractivity contribution < 1.29 is 9.69 Å². The van der Waals surface area contributed by atoms with Crippen LogP contribution in [-0.4, -0.2) is 25.5 Å². The third-order valence-electron chi connectivity index (χ3n) is 4.27. The second kappa shape index (κ2) is 7.75. The highest BCUT2D eigenvalue weighted by molar-refractivity contribution is 5.77. The first kappa shape index (κ1) is 15.5. The standard InChI is InChI=1S/C20H22N2O/c23-20(21-15-17-7-3-1-4-8-17)16-22-13-11-19(12-14-22)18-9-5-2-6-10-18/h1-11H,12-16H2,(H,21,23)/p+1. The van der Waals surface area contributed by atoms with Gasteiger partial charge in [0.05, 0.1) is 13.1 Å². The molecule has 0 radical (unpaired) electrons. The van der Waals surface area contributed by atoms with E-state index in [2.05, 4.69) is 35.7 Å². The fraction of sp³-hybridized carbons (Fsp3) is 0.250. The lowest BCUT2D eigenvalue weighted by Gasteiger charge is -2.23. The van der Waals surface area contributed by atoms with E-state index in [4.69, 9.17) is 0 Å². The average Bonchev–Trinajstić information content (AvgIpc) is 2.62. The highest BCUT2D eigenvalue weighted by atomic mass is 16.2. The molecule has 0 aromatic heterocycles. The Balaban J connectivity index is 1.47. The van der Waals surface area contributed by atoms with Gasteiger partial charge in [-0.25, -0.2) is 0 Å². The summed E-state index contributed by atoms with van der Waals surface area (Å²) in [6.07, 6.45) is 3.31. The summed E-state index contributed by atoms with van der Waals surface area (Å²) in [6.45, 7) is 3.09. The van der Waals surface area contributed by atoms with E-state index < -0.39 is 0 Å². The Hall–Kier alpha value is -2.39. The van der Waals surface area contributed by atoms with Gasteiger partial charge in [0, 0.05) is 13.0 Å². The summed E-state index contributed by atoms with van der Waals surface area (Å²) in [6, 6.07) is 20.5. The van der Waals surface area contributed by atoms with E-state index in [0.717, 1.165) is 25.1 Å².